The van der Waals surface area contributed by atoms with Crippen LogP contribution in [0.2, 0.25) is 0 Å². The molecule has 4 aromatic heterocycles. The summed E-state index contributed by atoms with van der Waals surface area (Å²) in [5.74, 6) is -0.600. The van der Waals surface area contributed by atoms with Gasteiger partial charge in [-0.3, -0.25) is 14.2 Å². The summed E-state index contributed by atoms with van der Waals surface area (Å²) in [6, 6.07) is 13.8. The molecule has 0 bridgehead atoms. The van der Waals surface area contributed by atoms with E-state index in [4.69, 9.17) is 24.2 Å². The number of benzene rings is 3. The molecule has 5 atom stereocenters. The van der Waals surface area contributed by atoms with Crippen LogP contribution >= 0.6 is 11.3 Å². The molecule has 7 heterocycles. The van der Waals surface area contributed by atoms with Crippen LogP contribution in [0.5, 0.6) is 11.5 Å². The van der Waals surface area contributed by atoms with Gasteiger partial charge in [0, 0.05) is 35.8 Å². The van der Waals surface area contributed by atoms with Crippen molar-refractivity contribution in [2.24, 2.45) is 11.8 Å². The van der Waals surface area contributed by atoms with Gasteiger partial charge in [0.2, 0.25) is 18.0 Å². The van der Waals surface area contributed by atoms with Crippen molar-refractivity contribution < 1.29 is 55.7 Å². The van der Waals surface area contributed by atoms with E-state index in [1.165, 1.54) is 55.9 Å². The molecule has 3 aromatic carbocycles. The SMILES string of the molecule is COC(=O)N[C@H](C(=O)N1CCC[C@H]1c1ncc(-c2cc(F)c3c(c2)OC(c2ncc(-c4ccc(OC(F)(F)F)cc4)s2)n2c-3cc3cc(-c4cnc([C@@H]5CCCN5C(=O)[C@@H](NC(=O)OC)C(C)C)[nH]4)ccc32)[nH]1)C(C)C. The molecule has 0 aliphatic carbocycles. The second-order valence-corrected chi connectivity index (χ2v) is 20.6. The highest BCUT2D eigenvalue weighted by Crippen LogP contribution is 2.49. The van der Waals surface area contributed by atoms with Gasteiger partial charge in [-0.1, -0.05) is 33.8 Å². The number of carbonyl (C=O) groups is 4. The van der Waals surface area contributed by atoms with Gasteiger partial charge in [-0.15, -0.1) is 24.5 Å². The largest absolute Gasteiger partial charge is 0.573 e. The maximum Gasteiger partial charge on any atom is 0.573 e. The number of aromatic nitrogens is 6. The minimum Gasteiger partial charge on any atom is -0.462 e. The van der Waals surface area contributed by atoms with Crippen molar-refractivity contribution in [3.05, 3.63) is 102 Å². The normalized spacial score (nSPS) is 18.1. The Morgan fingerprint density at radius 3 is 1.86 bits per heavy atom. The van der Waals surface area contributed by atoms with E-state index in [1.54, 1.807) is 34.5 Å². The lowest BCUT2D eigenvalue weighted by Gasteiger charge is -2.30. The summed E-state index contributed by atoms with van der Waals surface area (Å²) < 4.78 is 78.3. The smallest absolute Gasteiger partial charge is 0.462 e. The van der Waals surface area contributed by atoms with Crippen LogP contribution in [0.1, 0.15) is 88.3 Å². The fourth-order valence-corrected chi connectivity index (χ4v) is 11.3. The summed E-state index contributed by atoms with van der Waals surface area (Å²) in [6.45, 7) is 8.31. The van der Waals surface area contributed by atoms with Crippen molar-refractivity contribution in [1.82, 2.24) is 49.9 Å². The number of carbonyl (C=O) groups excluding carboxylic acids is 4. The summed E-state index contributed by atoms with van der Waals surface area (Å²) in [6.07, 6.45) is 0.400. The molecule has 4 amide bonds. The number of H-pyrrole nitrogens is 2. The first-order chi connectivity index (χ1) is 36.4. The van der Waals surface area contributed by atoms with Crippen LogP contribution in [0.4, 0.5) is 27.2 Å². The van der Waals surface area contributed by atoms with Gasteiger partial charge >= 0.3 is 18.5 Å². The molecule has 1 unspecified atom stereocenters. The number of nitrogens with zero attached hydrogens (tertiary/aromatic N) is 6. The number of rotatable bonds is 13. The van der Waals surface area contributed by atoms with Gasteiger partial charge in [0.1, 0.15) is 41.0 Å². The number of amides is 4. The Morgan fingerprint density at radius 1 is 0.737 bits per heavy atom. The molecule has 18 nitrogen and oxygen atoms in total. The number of imidazole rings is 2. The topological polar surface area (TPSA) is 211 Å². The van der Waals surface area contributed by atoms with E-state index in [0.29, 0.717) is 87.6 Å². The van der Waals surface area contributed by atoms with Gasteiger partial charge in [-0.2, -0.15) is 0 Å². The number of nitrogens with one attached hydrogen (secondary N) is 4. The Morgan fingerprint density at radius 2 is 1.30 bits per heavy atom. The van der Waals surface area contributed by atoms with Gasteiger partial charge in [0.15, 0.2) is 5.01 Å². The number of aromatic amines is 2. The van der Waals surface area contributed by atoms with Gasteiger partial charge in [0.05, 0.1) is 71.7 Å². The monoisotopic (exact) mass is 1070 g/mol. The first-order valence-corrected chi connectivity index (χ1v) is 25.6. The van der Waals surface area contributed by atoms with Crippen molar-refractivity contribution in [2.75, 3.05) is 27.3 Å². The number of alkyl carbamates (subject to hydrolysis) is 2. The average molecular weight is 1070 g/mol. The number of methoxy groups -OCH3 is 2. The van der Waals surface area contributed by atoms with Gasteiger partial charge in [-0.05, 0) is 97.7 Å². The molecule has 4 N–H and O–H groups in total. The van der Waals surface area contributed by atoms with E-state index in [-0.39, 0.29) is 46.8 Å². The second kappa shape index (κ2) is 20.6. The molecule has 3 aliphatic rings. The summed E-state index contributed by atoms with van der Waals surface area (Å²) in [5, 5.41) is 6.53. The van der Waals surface area contributed by atoms with Crippen LogP contribution in [-0.2, 0) is 19.1 Å². The van der Waals surface area contributed by atoms with Crippen molar-refractivity contribution >= 4 is 46.2 Å². The summed E-state index contributed by atoms with van der Waals surface area (Å²) in [5.41, 5.74) is 4.28. The third kappa shape index (κ3) is 10.0. The lowest BCUT2D eigenvalue weighted by molar-refractivity contribution is -0.274. The molecule has 7 aromatic rings. The van der Waals surface area contributed by atoms with E-state index in [9.17, 15) is 32.3 Å². The molecule has 23 heteroatoms. The average Bonchev–Trinajstić information content (AvgIpc) is 4.26. The Labute approximate surface area is 437 Å². The molecular weight excluding hydrogens is 1010 g/mol. The zero-order chi connectivity index (χ0) is 53.7. The number of fused-ring (bicyclic) bond motifs is 5. The van der Waals surface area contributed by atoms with Crippen LogP contribution in [0.15, 0.2) is 79.3 Å². The van der Waals surface area contributed by atoms with Crippen LogP contribution in [0, 0.1) is 17.7 Å². The van der Waals surface area contributed by atoms with Crippen LogP contribution in [-0.4, -0.2) is 109 Å². The van der Waals surface area contributed by atoms with Crippen LogP contribution in [0.3, 0.4) is 0 Å². The highest BCUT2D eigenvalue weighted by Gasteiger charge is 2.40. The van der Waals surface area contributed by atoms with Gasteiger partial charge in [-0.25, -0.2) is 28.9 Å². The van der Waals surface area contributed by atoms with Crippen LogP contribution in [0.25, 0.3) is 55.1 Å². The molecular formula is C53H54F4N10O8S. The maximum absolute atomic E-state index is 17.1. The van der Waals surface area contributed by atoms with Crippen molar-refractivity contribution in [1.29, 1.82) is 0 Å². The predicted octanol–water partition coefficient (Wildman–Crippen LogP) is 10.3. The molecule has 10 rings (SSSR count). The molecule has 0 radical (unpaired) electrons. The lowest BCUT2D eigenvalue weighted by Crippen LogP contribution is -2.51. The predicted molar refractivity (Wildman–Crippen MR) is 271 cm³/mol. The van der Waals surface area contributed by atoms with Gasteiger partial charge in [0.25, 0.3) is 0 Å². The number of ether oxygens (including phenoxy) is 4. The van der Waals surface area contributed by atoms with Crippen molar-refractivity contribution in [3.63, 3.8) is 0 Å². The first kappa shape index (κ1) is 51.5. The molecule has 2 fully saturated rings. The minimum absolute atomic E-state index is 0.191. The molecule has 0 saturated carbocycles. The van der Waals surface area contributed by atoms with E-state index in [1.807, 2.05) is 56.5 Å². The van der Waals surface area contributed by atoms with Gasteiger partial charge < -0.3 is 49.3 Å². The first-order valence-electron chi connectivity index (χ1n) is 24.8. The van der Waals surface area contributed by atoms with E-state index in [0.717, 1.165) is 17.4 Å². The highest BCUT2D eigenvalue weighted by atomic mass is 32.1. The summed E-state index contributed by atoms with van der Waals surface area (Å²) in [7, 11) is 2.49. The molecule has 76 heavy (non-hydrogen) atoms. The minimum atomic E-state index is -4.85. The summed E-state index contributed by atoms with van der Waals surface area (Å²) in [4.78, 5) is 77.0. The Balaban J connectivity index is 0.990. The van der Waals surface area contributed by atoms with E-state index < -0.39 is 48.7 Å². The standard InChI is InChI=1S/C53H54F4N10O8S/c1-26(2)43(63-51(70)72-5)48(68)65-17-7-9-37(65)45-58-23-34(61-45)29-13-16-36-31(19-29)21-39-42-33(54)20-30(35-24-59-46(62-35)38-10-8-18-66(38)49(69)44(27(3)4)64-52(71)73-6)22-40(42)74-50(67(36)39)47-60-25-41(76-47)28-11-14-32(15-12-28)75-53(55,56)57/h11-16,19-27,37-38,43-44,50H,7-10,17-18H2,1-6H3,(H,58,61)(H,59,62)(H,63,70)(H,64,71)/t37-,38-,43-,44-,50?/m0/s1. The number of alkyl halides is 3. The number of hydrogen-bond acceptors (Lipinski definition) is 12. The fraction of sp³-hybridized carbons (Fsp3) is 0.377. The Kier molecular flexibility index (Phi) is 14.0. The molecule has 3 aliphatic heterocycles. The number of halogens is 4. The van der Waals surface area contributed by atoms with E-state index in [2.05, 4.69) is 30.3 Å². The highest BCUT2D eigenvalue weighted by molar-refractivity contribution is 7.15. The number of thiazole rings is 1. The second-order valence-electron chi connectivity index (χ2n) is 19.6. The van der Waals surface area contributed by atoms with Crippen molar-refractivity contribution in [2.45, 2.75) is 90.1 Å². The molecule has 2 saturated heterocycles. The maximum atomic E-state index is 17.1. The third-order valence-corrected chi connectivity index (χ3v) is 15.1. The number of hydrogen-bond donors (Lipinski definition) is 4. The van der Waals surface area contributed by atoms with E-state index >= 15 is 4.39 Å². The summed E-state index contributed by atoms with van der Waals surface area (Å²) >= 11 is 1.26. The Bertz CT molecular complexity index is 3330. The zero-order valence-corrected chi connectivity index (χ0v) is 43.0. The lowest BCUT2D eigenvalue weighted by atomic mass is 10.0. The Hall–Kier alpha value is -7.95. The van der Waals surface area contributed by atoms with Crippen LogP contribution < -0.4 is 20.1 Å². The zero-order valence-electron chi connectivity index (χ0n) is 42.2. The molecule has 398 valence electrons. The third-order valence-electron chi connectivity index (χ3n) is 14.0. The van der Waals surface area contributed by atoms with Crippen molar-refractivity contribution in [3.8, 4) is 55.7 Å². The fourth-order valence-electron chi connectivity index (χ4n) is 10.3. The molecule has 0 spiro atoms. The number of likely N-dealkylation sites (tertiary alicyclic amines) is 2. The quantitative estimate of drug-likeness (QED) is 0.0798.